The van der Waals surface area contributed by atoms with E-state index in [1.54, 1.807) is 6.92 Å². The Hall–Kier alpha value is -0.820. The van der Waals surface area contributed by atoms with Gasteiger partial charge in [0.15, 0.2) is 5.30 Å². The molecule has 0 atom stereocenters. The van der Waals surface area contributed by atoms with Crippen molar-refractivity contribution < 1.29 is 5.11 Å². The van der Waals surface area contributed by atoms with E-state index in [2.05, 4.69) is 25.0 Å². The highest BCUT2D eigenvalue weighted by molar-refractivity contribution is 7.81. The van der Waals surface area contributed by atoms with Gasteiger partial charge in [-0.15, -0.1) is 0 Å². The number of hydrogen-bond donors (Lipinski definition) is 2. The summed E-state index contributed by atoms with van der Waals surface area (Å²) in [7, 11) is -1.37. The van der Waals surface area contributed by atoms with Gasteiger partial charge in [-0.25, -0.2) is 0 Å². The van der Waals surface area contributed by atoms with Crippen molar-refractivity contribution in [2.45, 2.75) is 6.92 Å². The minimum Gasteiger partial charge on any atom is -0.506 e. The smallest absolute Gasteiger partial charge is 0.290 e. The van der Waals surface area contributed by atoms with Crippen LogP contribution in [0.5, 0.6) is 5.75 Å². The summed E-state index contributed by atoms with van der Waals surface area (Å²) in [6.45, 7) is 7.96. The maximum atomic E-state index is 11.5. The lowest BCUT2D eigenvalue weighted by Gasteiger charge is -2.13. The zero-order valence-electron chi connectivity index (χ0n) is 8.38. The Labute approximate surface area is 78.2 Å². The molecule has 3 nitrogen and oxygen atoms in total. The largest absolute Gasteiger partial charge is 0.506 e. The van der Waals surface area contributed by atoms with Gasteiger partial charge in [0.05, 0.1) is 20.0 Å². The van der Waals surface area contributed by atoms with Gasteiger partial charge in [0.1, 0.15) is 5.75 Å². The third-order valence-corrected chi connectivity index (χ3v) is 3.85. The van der Waals surface area contributed by atoms with Crippen molar-refractivity contribution in [3.63, 3.8) is 0 Å². The first kappa shape index (κ1) is 10.3. The Morgan fingerprint density at radius 1 is 1.38 bits per heavy atom. The molecule has 1 rings (SSSR count). The summed E-state index contributed by atoms with van der Waals surface area (Å²) in [6, 6.07) is 0. The number of pyridine rings is 1. The monoisotopic (exact) mass is 200 g/mol. The molecular weight excluding hydrogens is 185 g/mol. The molecule has 0 amide bonds. The maximum Gasteiger partial charge on any atom is 0.290 e. The van der Waals surface area contributed by atoms with Gasteiger partial charge >= 0.3 is 0 Å². The van der Waals surface area contributed by atoms with Crippen molar-refractivity contribution in [3.05, 3.63) is 22.1 Å². The van der Waals surface area contributed by atoms with Gasteiger partial charge in [0.2, 0.25) is 0 Å². The minimum atomic E-state index is -1.37. The lowest BCUT2D eigenvalue weighted by molar-refractivity contribution is 0.469. The van der Waals surface area contributed by atoms with E-state index in [0.29, 0.717) is 5.56 Å². The van der Waals surface area contributed by atoms with E-state index in [4.69, 9.17) is 0 Å². The fraction of sp³-hybridized carbons (Fsp3) is 0.444. The van der Waals surface area contributed by atoms with Crippen LogP contribution < -0.4 is 10.9 Å². The Morgan fingerprint density at radius 3 is 2.31 bits per heavy atom. The highest BCUT2D eigenvalue weighted by atomic mass is 31.2. The van der Waals surface area contributed by atoms with Gasteiger partial charge in [0, 0.05) is 19.0 Å². The second-order valence-corrected chi connectivity index (χ2v) is 8.46. The molecule has 0 aliphatic rings. The quantitative estimate of drug-likeness (QED) is 0.662. The maximum absolute atomic E-state index is 11.5. The Balaban J connectivity index is 3.53. The van der Waals surface area contributed by atoms with Crippen molar-refractivity contribution in [2.75, 3.05) is 20.0 Å². The average molecular weight is 200 g/mol. The lowest BCUT2D eigenvalue weighted by atomic mass is 10.3. The number of aromatic amines is 1. The highest BCUT2D eigenvalue weighted by Crippen LogP contribution is 2.45. The van der Waals surface area contributed by atoms with Crippen LogP contribution in [-0.2, 0) is 0 Å². The predicted octanol–water partition coefficient (Wildman–Crippen LogP) is 0.921. The van der Waals surface area contributed by atoms with Gasteiger partial charge in [-0.3, -0.25) is 4.79 Å². The van der Waals surface area contributed by atoms with Crippen LogP contribution in [0.15, 0.2) is 11.0 Å². The first-order valence-electron chi connectivity index (χ1n) is 4.07. The fourth-order valence-corrected chi connectivity index (χ4v) is 3.20. The molecule has 0 aromatic carbocycles. The summed E-state index contributed by atoms with van der Waals surface area (Å²) in [5.41, 5.74) is 0.640. The van der Waals surface area contributed by atoms with Crippen LogP contribution in [-0.4, -0.2) is 30.1 Å². The minimum absolute atomic E-state index is 0.0730. The molecule has 0 fully saturated rings. The molecule has 1 aromatic heterocycles. The Morgan fingerprint density at radius 2 is 1.92 bits per heavy atom. The van der Waals surface area contributed by atoms with Crippen LogP contribution in [0.25, 0.3) is 0 Å². The molecule has 1 aromatic rings. The van der Waals surface area contributed by atoms with Gasteiger partial charge in [-0.1, -0.05) is 0 Å². The molecule has 13 heavy (non-hydrogen) atoms. The van der Waals surface area contributed by atoms with E-state index in [0.717, 1.165) is 5.30 Å². The van der Waals surface area contributed by atoms with E-state index in [1.165, 1.54) is 6.20 Å². The van der Waals surface area contributed by atoms with E-state index in [9.17, 15) is 9.90 Å². The molecule has 1 heterocycles. The van der Waals surface area contributed by atoms with E-state index >= 15 is 0 Å². The fourth-order valence-electron chi connectivity index (χ4n) is 1.41. The molecule has 0 aliphatic carbocycles. The summed E-state index contributed by atoms with van der Waals surface area (Å²) in [5.74, 6) is 0.171. The lowest BCUT2D eigenvalue weighted by Crippen LogP contribution is -2.31. The molecule has 0 bridgehead atoms. The second-order valence-electron chi connectivity index (χ2n) is 3.99. The number of hydrogen-bond acceptors (Lipinski definition) is 2. The highest BCUT2D eigenvalue weighted by Gasteiger charge is 2.28. The van der Waals surface area contributed by atoms with Crippen LogP contribution in [0.2, 0.25) is 0 Å². The van der Waals surface area contributed by atoms with Crippen molar-refractivity contribution in [2.24, 2.45) is 0 Å². The van der Waals surface area contributed by atoms with Crippen molar-refractivity contribution >= 4 is 12.6 Å². The van der Waals surface area contributed by atoms with Crippen molar-refractivity contribution in [1.82, 2.24) is 4.98 Å². The second kappa shape index (κ2) is 3.15. The number of aromatic nitrogens is 1. The number of aromatic hydroxyl groups is 1. The summed E-state index contributed by atoms with van der Waals surface area (Å²) in [5, 5.41) is 10.2. The molecule has 2 N–H and O–H groups in total. The average Bonchev–Trinajstić information content (AvgIpc) is 1.95. The molecule has 0 spiro atoms. The van der Waals surface area contributed by atoms with Gasteiger partial charge in [-0.05, 0) is 6.92 Å². The predicted molar refractivity (Wildman–Crippen MR) is 57.8 cm³/mol. The topological polar surface area (TPSA) is 53.1 Å². The number of rotatable bonds is 1. The first-order valence-corrected chi connectivity index (χ1v) is 7.20. The zero-order valence-corrected chi connectivity index (χ0v) is 9.27. The van der Waals surface area contributed by atoms with Crippen LogP contribution in [0.4, 0.5) is 0 Å². The first-order chi connectivity index (χ1) is 5.84. The molecular formula is C9H15NO2P+. The summed E-state index contributed by atoms with van der Waals surface area (Å²) >= 11 is 0. The summed E-state index contributed by atoms with van der Waals surface area (Å²) in [4.78, 5) is 14.0. The van der Waals surface area contributed by atoms with Gasteiger partial charge in [0.25, 0.3) is 5.56 Å². The van der Waals surface area contributed by atoms with Crippen molar-refractivity contribution in [3.8, 4) is 5.75 Å². The summed E-state index contributed by atoms with van der Waals surface area (Å²) in [6.07, 6.45) is 1.34. The standard InChI is InChI=1S/C9H14NO2P/c1-6-7(11)5-10-9(12)8(6)13(2,3)4/h5H,1-4H3,(H-,10,11,12)/p+1. The van der Waals surface area contributed by atoms with Crippen LogP contribution >= 0.6 is 7.26 Å². The molecule has 4 heteroatoms. The summed E-state index contributed by atoms with van der Waals surface area (Å²) < 4.78 is 0. The third kappa shape index (κ3) is 1.92. The zero-order chi connectivity index (χ0) is 10.2. The normalized spacial score (nSPS) is 11.7. The third-order valence-electron chi connectivity index (χ3n) is 1.97. The molecule has 72 valence electrons. The Bertz CT molecular complexity index is 376. The SMILES string of the molecule is Cc1c(O)c[nH]c(=O)c1[P+](C)(C)C. The van der Waals surface area contributed by atoms with Gasteiger partial charge < -0.3 is 10.1 Å². The van der Waals surface area contributed by atoms with E-state index in [1.807, 2.05) is 0 Å². The van der Waals surface area contributed by atoms with E-state index in [-0.39, 0.29) is 11.3 Å². The van der Waals surface area contributed by atoms with E-state index < -0.39 is 7.26 Å². The molecule has 0 saturated carbocycles. The Kier molecular flexibility index (Phi) is 2.49. The number of nitrogens with one attached hydrogen (secondary N) is 1. The van der Waals surface area contributed by atoms with Crippen LogP contribution in [0.1, 0.15) is 5.56 Å². The van der Waals surface area contributed by atoms with Crippen LogP contribution in [0, 0.1) is 6.92 Å². The molecule has 0 aliphatic heterocycles. The van der Waals surface area contributed by atoms with Crippen LogP contribution in [0.3, 0.4) is 0 Å². The molecule has 0 radical (unpaired) electrons. The number of H-pyrrole nitrogens is 1. The van der Waals surface area contributed by atoms with Crippen molar-refractivity contribution in [1.29, 1.82) is 0 Å². The molecule has 0 unspecified atom stereocenters. The molecule has 0 saturated heterocycles. The van der Waals surface area contributed by atoms with Gasteiger partial charge in [-0.2, -0.15) is 0 Å².